The topological polar surface area (TPSA) is 67.9 Å². The Kier molecular flexibility index (Phi) is 7.64. The highest BCUT2D eigenvalue weighted by molar-refractivity contribution is 5.99. The molecule has 1 N–H and O–H groups in total. The van der Waals surface area contributed by atoms with Gasteiger partial charge in [-0.25, -0.2) is 0 Å². The van der Waals surface area contributed by atoms with Gasteiger partial charge in [-0.2, -0.15) is 0 Å². The van der Waals surface area contributed by atoms with Gasteiger partial charge in [-0.05, 0) is 49.1 Å². The van der Waals surface area contributed by atoms with Crippen LogP contribution in [0.2, 0.25) is 0 Å². The molecule has 0 radical (unpaired) electrons. The second-order valence-corrected chi connectivity index (χ2v) is 8.62. The molecule has 1 heterocycles. The molecular weight excluding hydrogens is 404 g/mol. The quantitative estimate of drug-likeness (QED) is 0.550. The van der Waals surface area contributed by atoms with Crippen molar-refractivity contribution in [1.82, 2.24) is 0 Å². The lowest BCUT2D eigenvalue weighted by Gasteiger charge is -2.30. The maximum atomic E-state index is 12.5. The summed E-state index contributed by atoms with van der Waals surface area (Å²) in [7, 11) is 0. The van der Waals surface area contributed by atoms with E-state index in [1.54, 1.807) is 4.90 Å². The van der Waals surface area contributed by atoms with E-state index in [1.165, 1.54) is 32.1 Å². The lowest BCUT2D eigenvalue weighted by atomic mass is 9.86. The molecule has 1 aliphatic heterocycles. The van der Waals surface area contributed by atoms with Crippen molar-refractivity contribution in [2.75, 3.05) is 30.0 Å². The Morgan fingerprint density at radius 1 is 1.09 bits per heavy atom. The summed E-state index contributed by atoms with van der Waals surface area (Å²) < 4.78 is 11.3. The highest BCUT2D eigenvalue weighted by atomic mass is 16.5. The SMILES string of the molecule is O=C(CCC1CCCCC1)Nc1ccc2c(c1)N(CCCOc1ccccc1)C(=O)CO2. The van der Waals surface area contributed by atoms with Gasteiger partial charge in [-0.1, -0.05) is 50.3 Å². The van der Waals surface area contributed by atoms with E-state index in [0.717, 1.165) is 12.2 Å². The third kappa shape index (κ3) is 6.02. The van der Waals surface area contributed by atoms with Crippen molar-refractivity contribution < 1.29 is 19.1 Å². The minimum absolute atomic E-state index is 0.0274. The summed E-state index contributed by atoms with van der Waals surface area (Å²) in [6, 6.07) is 15.1. The lowest BCUT2D eigenvalue weighted by molar-refractivity contribution is -0.121. The number of anilines is 2. The highest BCUT2D eigenvalue weighted by Gasteiger charge is 2.26. The third-order valence-electron chi connectivity index (χ3n) is 6.23. The number of nitrogens with one attached hydrogen (secondary N) is 1. The van der Waals surface area contributed by atoms with Crippen molar-refractivity contribution in [2.24, 2.45) is 5.92 Å². The van der Waals surface area contributed by atoms with Crippen molar-refractivity contribution in [3.05, 3.63) is 48.5 Å². The third-order valence-corrected chi connectivity index (χ3v) is 6.23. The molecule has 4 rings (SSSR count). The summed E-state index contributed by atoms with van der Waals surface area (Å²) >= 11 is 0. The monoisotopic (exact) mass is 436 g/mol. The molecule has 2 amide bonds. The molecule has 1 saturated carbocycles. The van der Waals surface area contributed by atoms with Gasteiger partial charge in [0.25, 0.3) is 5.91 Å². The summed E-state index contributed by atoms with van der Waals surface area (Å²) in [6.07, 6.45) is 8.58. The normalized spacial score (nSPS) is 16.2. The van der Waals surface area contributed by atoms with Crippen molar-refractivity contribution in [2.45, 2.75) is 51.4 Å². The number of nitrogens with zero attached hydrogens (tertiary/aromatic N) is 1. The van der Waals surface area contributed by atoms with Crippen LogP contribution in [-0.2, 0) is 9.59 Å². The Morgan fingerprint density at radius 2 is 1.91 bits per heavy atom. The van der Waals surface area contributed by atoms with E-state index in [1.807, 2.05) is 48.5 Å². The van der Waals surface area contributed by atoms with Crippen LogP contribution in [0.3, 0.4) is 0 Å². The summed E-state index contributed by atoms with van der Waals surface area (Å²) in [6.45, 7) is 1.07. The number of carbonyl (C=O) groups is 2. The number of benzene rings is 2. The lowest BCUT2D eigenvalue weighted by Crippen LogP contribution is -2.39. The first-order valence-electron chi connectivity index (χ1n) is 11.7. The zero-order valence-corrected chi connectivity index (χ0v) is 18.6. The minimum atomic E-state index is -0.0852. The Balaban J connectivity index is 1.32. The summed E-state index contributed by atoms with van der Waals surface area (Å²) in [4.78, 5) is 26.7. The first-order valence-corrected chi connectivity index (χ1v) is 11.7. The van der Waals surface area contributed by atoms with E-state index in [9.17, 15) is 9.59 Å². The average Bonchev–Trinajstić information content (AvgIpc) is 2.83. The number of fused-ring (bicyclic) bond motifs is 1. The van der Waals surface area contributed by atoms with Crippen LogP contribution in [-0.4, -0.2) is 31.6 Å². The van der Waals surface area contributed by atoms with E-state index in [2.05, 4.69) is 5.32 Å². The van der Waals surface area contributed by atoms with Crippen molar-refractivity contribution in [3.63, 3.8) is 0 Å². The van der Waals surface area contributed by atoms with E-state index in [4.69, 9.17) is 9.47 Å². The zero-order valence-electron chi connectivity index (χ0n) is 18.6. The summed E-state index contributed by atoms with van der Waals surface area (Å²) in [5.41, 5.74) is 1.40. The van der Waals surface area contributed by atoms with Crippen molar-refractivity contribution in [1.29, 1.82) is 0 Å². The van der Waals surface area contributed by atoms with Gasteiger partial charge in [-0.15, -0.1) is 0 Å². The van der Waals surface area contributed by atoms with Crippen molar-refractivity contribution in [3.8, 4) is 11.5 Å². The Morgan fingerprint density at radius 3 is 2.72 bits per heavy atom. The fourth-order valence-corrected chi connectivity index (χ4v) is 4.49. The fraction of sp³-hybridized carbons (Fsp3) is 0.462. The van der Waals surface area contributed by atoms with E-state index in [-0.39, 0.29) is 18.4 Å². The van der Waals surface area contributed by atoms with Gasteiger partial charge >= 0.3 is 0 Å². The highest BCUT2D eigenvalue weighted by Crippen LogP contribution is 2.35. The maximum absolute atomic E-state index is 12.5. The van der Waals surface area contributed by atoms with Gasteiger partial charge in [0.2, 0.25) is 5.91 Å². The summed E-state index contributed by atoms with van der Waals surface area (Å²) in [5, 5.41) is 3.00. The maximum Gasteiger partial charge on any atom is 0.265 e. The molecule has 2 aromatic rings. The smallest absolute Gasteiger partial charge is 0.265 e. The molecule has 2 aliphatic rings. The van der Waals surface area contributed by atoms with Crippen LogP contribution in [0, 0.1) is 5.92 Å². The molecule has 2 aromatic carbocycles. The van der Waals surface area contributed by atoms with Crippen LogP contribution < -0.4 is 19.7 Å². The van der Waals surface area contributed by atoms with Gasteiger partial charge in [0, 0.05) is 18.7 Å². The average molecular weight is 437 g/mol. The number of hydrogen-bond donors (Lipinski definition) is 1. The molecule has 0 atom stereocenters. The molecule has 1 aliphatic carbocycles. The largest absolute Gasteiger partial charge is 0.494 e. The first-order chi connectivity index (χ1) is 15.7. The molecular formula is C26H32N2O4. The number of amides is 2. The predicted octanol–water partition coefficient (Wildman–Crippen LogP) is 5.18. The van der Waals surface area contributed by atoms with Crippen LogP contribution in [0.1, 0.15) is 51.4 Å². The molecule has 0 saturated heterocycles. The number of hydrogen-bond acceptors (Lipinski definition) is 4. The van der Waals surface area contributed by atoms with Crippen LogP contribution in [0.5, 0.6) is 11.5 Å². The van der Waals surface area contributed by atoms with Crippen LogP contribution in [0.4, 0.5) is 11.4 Å². The molecule has 170 valence electrons. The van der Waals surface area contributed by atoms with E-state index >= 15 is 0 Å². The van der Waals surface area contributed by atoms with Gasteiger partial charge < -0.3 is 19.7 Å². The van der Waals surface area contributed by atoms with Gasteiger partial charge in [0.05, 0.1) is 12.3 Å². The molecule has 0 spiro atoms. The molecule has 1 fully saturated rings. The number of carbonyl (C=O) groups excluding carboxylic acids is 2. The molecule has 32 heavy (non-hydrogen) atoms. The van der Waals surface area contributed by atoms with E-state index < -0.39 is 0 Å². The van der Waals surface area contributed by atoms with Gasteiger partial charge in [-0.3, -0.25) is 9.59 Å². The number of ether oxygens (including phenoxy) is 2. The molecule has 6 nitrogen and oxygen atoms in total. The second-order valence-electron chi connectivity index (χ2n) is 8.62. The first kappa shape index (κ1) is 22.2. The Bertz CT molecular complexity index is 909. The Hall–Kier alpha value is -3.02. The Labute approximate surface area is 189 Å². The van der Waals surface area contributed by atoms with Crippen LogP contribution in [0.15, 0.2) is 48.5 Å². The van der Waals surface area contributed by atoms with Crippen LogP contribution >= 0.6 is 0 Å². The standard InChI is InChI=1S/C26H32N2O4/c29-25(15-12-20-8-3-1-4-9-20)27-21-13-14-24-23(18-21)28(26(30)19-32-24)16-7-17-31-22-10-5-2-6-11-22/h2,5-6,10-11,13-14,18,20H,1,3-4,7-9,12,15-17,19H2,(H,27,29). The number of para-hydroxylation sites is 1. The molecule has 0 bridgehead atoms. The molecule has 6 heteroatoms. The van der Waals surface area contributed by atoms with Crippen LogP contribution in [0.25, 0.3) is 0 Å². The predicted molar refractivity (Wildman–Crippen MR) is 125 cm³/mol. The summed E-state index contributed by atoms with van der Waals surface area (Å²) in [5.74, 6) is 2.10. The fourth-order valence-electron chi connectivity index (χ4n) is 4.49. The van der Waals surface area contributed by atoms with Gasteiger partial charge in [0.1, 0.15) is 11.5 Å². The zero-order chi connectivity index (χ0) is 22.2. The van der Waals surface area contributed by atoms with E-state index in [0.29, 0.717) is 49.0 Å². The van der Waals surface area contributed by atoms with Crippen molar-refractivity contribution >= 4 is 23.2 Å². The minimum Gasteiger partial charge on any atom is -0.494 e. The van der Waals surface area contributed by atoms with Gasteiger partial charge in [0.15, 0.2) is 6.61 Å². The molecule has 0 unspecified atom stereocenters. The molecule has 0 aromatic heterocycles. The number of rotatable bonds is 9. The second kappa shape index (κ2) is 11.0.